The first-order valence-electron chi connectivity index (χ1n) is 6.29. The van der Waals surface area contributed by atoms with Gasteiger partial charge in [0.1, 0.15) is 11.5 Å². The Morgan fingerprint density at radius 3 is 2.57 bits per heavy atom. The van der Waals surface area contributed by atoms with Gasteiger partial charge in [-0.05, 0) is 30.3 Å². The van der Waals surface area contributed by atoms with Gasteiger partial charge in [-0.25, -0.2) is 4.98 Å². The lowest BCUT2D eigenvalue weighted by Crippen LogP contribution is -2.13. The lowest BCUT2D eigenvalue weighted by Gasteiger charge is -2.08. The van der Waals surface area contributed by atoms with Crippen LogP contribution < -0.4 is 10.5 Å². The fourth-order valence-corrected chi connectivity index (χ4v) is 2.05. The Hall–Kier alpha value is -3.08. The molecule has 3 aromatic rings. The van der Waals surface area contributed by atoms with Crippen LogP contribution in [0.1, 0.15) is 10.5 Å². The van der Waals surface area contributed by atoms with Crippen LogP contribution in [0.4, 0.5) is 0 Å². The van der Waals surface area contributed by atoms with Crippen LogP contribution in [0.5, 0.6) is 17.2 Å². The second-order valence-corrected chi connectivity index (χ2v) is 4.48. The molecule has 3 N–H and O–H groups in total. The van der Waals surface area contributed by atoms with Crippen molar-refractivity contribution in [3.63, 3.8) is 0 Å². The van der Waals surface area contributed by atoms with Crippen molar-refractivity contribution in [1.82, 2.24) is 4.98 Å². The fraction of sp³-hybridized carbons (Fsp3) is 0. The minimum absolute atomic E-state index is 0.140. The van der Waals surface area contributed by atoms with Crippen molar-refractivity contribution >= 4 is 16.7 Å². The topological polar surface area (TPSA) is 85.4 Å². The van der Waals surface area contributed by atoms with Gasteiger partial charge in [-0.1, -0.05) is 18.2 Å². The molecule has 104 valence electrons. The molecule has 0 bridgehead atoms. The third-order valence-corrected chi connectivity index (χ3v) is 3.05. The van der Waals surface area contributed by atoms with Gasteiger partial charge >= 0.3 is 0 Å². The Kier molecular flexibility index (Phi) is 3.16. The molecule has 0 saturated carbocycles. The van der Waals surface area contributed by atoms with Crippen molar-refractivity contribution in [2.45, 2.75) is 0 Å². The van der Waals surface area contributed by atoms with Crippen molar-refractivity contribution in [2.75, 3.05) is 0 Å². The molecule has 3 rings (SSSR count). The van der Waals surface area contributed by atoms with E-state index in [1.54, 1.807) is 18.2 Å². The van der Waals surface area contributed by atoms with Crippen LogP contribution in [-0.4, -0.2) is 16.0 Å². The van der Waals surface area contributed by atoms with Crippen LogP contribution in [0, 0.1) is 0 Å². The molecule has 0 spiro atoms. The largest absolute Gasteiger partial charge is 0.505 e. The second-order valence-electron chi connectivity index (χ2n) is 4.48. The number of primary amides is 1. The zero-order valence-corrected chi connectivity index (χ0v) is 11.0. The number of hydrogen-bond donors (Lipinski definition) is 2. The normalized spacial score (nSPS) is 10.5. The number of carbonyl (C=O) groups excluding carboxylic acids is 1. The fourth-order valence-electron chi connectivity index (χ4n) is 2.05. The number of ether oxygens (including phenoxy) is 1. The van der Waals surface area contributed by atoms with E-state index in [9.17, 15) is 9.90 Å². The maximum absolute atomic E-state index is 11.1. The van der Waals surface area contributed by atoms with E-state index in [1.165, 1.54) is 6.20 Å². The lowest BCUT2D eigenvalue weighted by atomic mass is 10.1. The van der Waals surface area contributed by atoms with Crippen molar-refractivity contribution in [2.24, 2.45) is 5.73 Å². The summed E-state index contributed by atoms with van der Waals surface area (Å²) in [7, 11) is 0. The summed E-state index contributed by atoms with van der Waals surface area (Å²) in [6.07, 6.45) is 1.48. The highest BCUT2D eigenvalue weighted by Gasteiger charge is 2.13. The third kappa shape index (κ3) is 2.49. The number of amides is 1. The standard InChI is InChI=1S/C16H12N2O3/c17-16(20)14-15(19)13-7-6-12(8-10(13)9-18-14)21-11-4-2-1-3-5-11/h1-9,19H,(H2,17,20). The van der Waals surface area contributed by atoms with Gasteiger partial charge in [-0.2, -0.15) is 0 Å². The monoisotopic (exact) mass is 280 g/mol. The predicted molar refractivity (Wildman–Crippen MR) is 78.4 cm³/mol. The van der Waals surface area contributed by atoms with Crippen LogP contribution in [0.15, 0.2) is 54.7 Å². The number of para-hydroxylation sites is 1. The molecule has 0 aliphatic rings. The van der Waals surface area contributed by atoms with Crippen molar-refractivity contribution in [1.29, 1.82) is 0 Å². The summed E-state index contributed by atoms with van der Waals surface area (Å²) >= 11 is 0. The molecule has 21 heavy (non-hydrogen) atoms. The van der Waals surface area contributed by atoms with E-state index in [2.05, 4.69) is 4.98 Å². The molecular weight excluding hydrogens is 268 g/mol. The first kappa shape index (κ1) is 12.9. The highest BCUT2D eigenvalue weighted by molar-refractivity contribution is 6.00. The lowest BCUT2D eigenvalue weighted by molar-refractivity contribution is 0.0993. The van der Waals surface area contributed by atoms with E-state index in [4.69, 9.17) is 10.5 Å². The molecule has 0 aliphatic heterocycles. The highest BCUT2D eigenvalue weighted by atomic mass is 16.5. The Bertz CT molecular complexity index is 816. The number of pyridine rings is 1. The molecule has 0 radical (unpaired) electrons. The van der Waals surface area contributed by atoms with Crippen LogP contribution in [0.2, 0.25) is 0 Å². The van der Waals surface area contributed by atoms with E-state index in [0.717, 1.165) is 0 Å². The molecule has 0 aliphatic carbocycles. The molecular formula is C16H12N2O3. The number of aromatic nitrogens is 1. The third-order valence-electron chi connectivity index (χ3n) is 3.05. The summed E-state index contributed by atoms with van der Waals surface area (Å²) in [5, 5.41) is 11.2. The van der Waals surface area contributed by atoms with Gasteiger partial charge in [-0.15, -0.1) is 0 Å². The Labute approximate surface area is 120 Å². The molecule has 0 atom stereocenters. The Balaban J connectivity index is 2.02. The highest BCUT2D eigenvalue weighted by Crippen LogP contribution is 2.31. The molecule has 0 fully saturated rings. The van der Waals surface area contributed by atoms with Gasteiger partial charge in [0.05, 0.1) is 0 Å². The number of carbonyl (C=O) groups is 1. The molecule has 2 aromatic carbocycles. The van der Waals surface area contributed by atoms with Gasteiger partial charge in [0, 0.05) is 17.0 Å². The Morgan fingerprint density at radius 1 is 1.10 bits per heavy atom. The molecule has 5 heteroatoms. The molecule has 0 unspecified atom stereocenters. The maximum atomic E-state index is 11.1. The zero-order valence-electron chi connectivity index (χ0n) is 11.0. The van der Waals surface area contributed by atoms with Gasteiger partial charge in [0.25, 0.3) is 5.91 Å². The van der Waals surface area contributed by atoms with Crippen LogP contribution in [0.3, 0.4) is 0 Å². The number of fused-ring (bicyclic) bond motifs is 1. The van der Waals surface area contributed by atoms with Crippen molar-refractivity contribution < 1.29 is 14.6 Å². The molecule has 5 nitrogen and oxygen atoms in total. The quantitative estimate of drug-likeness (QED) is 0.772. The van der Waals surface area contributed by atoms with E-state index >= 15 is 0 Å². The van der Waals surface area contributed by atoms with Gasteiger partial charge < -0.3 is 15.6 Å². The number of nitrogens with zero attached hydrogens (tertiary/aromatic N) is 1. The molecule has 1 amide bonds. The minimum atomic E-state index is -0.765. The smallest absolute Gasteiger partial charge is 0.271 e. The summed E-state index contributed by atoms with van der Waals surface area (Å²) in [6.45, 7) is 0. The molecule has 0 saturated heterocycles. The predicted octanol–water partition coefficient (Wildman–Crippen LogP) is 2.83. The van der Waals surface area contributed by atoms with E-state index in [-0.39, 0.29) is 11.4 Å². The number of nitrogens with two attached hydrogens (primary N) is 1. The summed E-state index contributed by atoms with van der Waals surface area (Å²) in [4.78, 5) is 15.0. The Morgan fingerprint density at radius 2 is 1.86 bits per heavy atom. The average Bonchev–Trinajstić information content (AvgIpc) is 2.48. The number of hydrogen-bond acceptors (Lipinski definition) is 4. The summed E-state index contributed by atoms with van der Waals surface area (Å²) in [5.41, 5.74) is 5.01. The molecule has 1 aromatic heterocycles. The number of aromatic hydroxyl groups is 1. The minimum Gasteiger partial charge on any atom is -0.505 e. The first-order valence-corrected chi connectivity index (χ1v) is 6.29. The van der Waals surface area contributed by atoms with E-state index in [0.29, 0.717) is 22.3 Å². The molecule has 1 heterocycles. The van der Waals surface area contributed by atoms with E-state index in [1.807, 2.05) is 30.3 Å². The van der Waals surface area contributed by atoms with Crippen LogP contribution >= 0.6 is 0 Å². The van der Waals surface area contributed by atoms with Crippen LogP contribution in [0.25, 0.3) is 10.8 Å². The average molecular weight is 280 g/mol. The van der Waals surface area contributed by atoms with Gasteiger partial charge in [0.15, 0.2) is 11.4 Å². The van der Waals surface area contributed by atoms with Crippen LogP contribution in [-0.2, 0) is 0 Å². The van der Waals surface area contributed by atoms with Gasteiger partial charge in [0.2, 0.25) is 0 Å². The zero-order chi connectivity index (χ0) is 14.8. The summed E-state index contributed by atoms with van der Waals surface area (Å²) in [6, 6.07) is 14.5. The maximum Gasteiger partial charge on any atom is 0.271 e. The SMILES string of the molecule is NC(=O)c1ncc2cc(Oc3ccccc3)ccc2c1O. The number of benzene rings is 2. The first-order chi connectivity index (χ1) is 10.1. The summed E-state index contributed by atoms with van der Waals surface area (Å²) in [5.74, 6) is 0.342. The second kappa shape index (κ2) is 5.13. The number of rotatable bonds is 3. The summed E-state index contributed by atoms with van der Waals surface area (Å²) < 4.78 is 5.70. The van der Waals surface area contributed by atoms with Crippen molar-refractivity contribution in [3.05, 3.63) is 60.4 Å². The van der Waals surface area contributed by atoms with Crippen molar-refractivity contribution in [3.8, 4) is 17.2 Å². The van der Waals surface area contributed by atoms with Gasteiger partial charge in [-0.3, -0.25) is 4.79 Å². The van der Waals surface area contributed by atoms with E-state index < -0.39 is 5.91 Å².